The third-order valence-corrected chi connectivity index (χ3v) is 3.63. The van der Waals surface area contributed by atoms with Crippen LogP contribution in [0.2, 0.25) is 0 Å². The second-order valence-corrected chi connectivity index (χ2v) is 4.83. The summed E-state index contributed by atoms with van der Waals surface area (Å²) in [5.41, 5.74) is 2.50. The van der Waals surface area contributed by atoms with E-state index in [1.165, 1.54) is 6.26 Å². The molecule has 2 rings (SSSR count). The summed E-state index contributed by atoms with van der Waals surface area (Å²) in [4.78, 5) is 25.5. The molecular formula is C13H20N4O3. The van der Waals surface area contributed by atoms with Crippen LogP contribution < -0.4 is 16.6 Å². The van der Waals surface area contributed by atoms with Crippen molar-refractivity contribution in [1.82, 2.24) is 15.6 Å². The Kier molecular flexibility index (Phi) is 4.75. The Balaban J connectivity index is 2.13. The smallest absolute Gasteiger partial charge is 0.268 e. The number of carbonyl (C=O) groups is 2. The van der Waals surface area contributed by atoms with Crippen LogP contribution in [0, 0.1) is 0 Å². The predicted molar refractivity (Wildman–Crippen MR) is 72.5 cm³/mol. The number of rotatable bonds is 4. The summed E-state index contributed by atoms with van der Waals surface area (Å²) in [6.07, 6.45) is 4.34. The van der Waals surface area contributed by atoms with Crippen LogP contribution >= 0.6 is 0 Å². The number of nitrogen functional groups attached to an aromatic ring is 1. The molecule has 0 radical (unpaired) electrons. The molecule has 4 N–H and O–H groups in total. The van der Waals surface area contributed by atoms with Gasteiger partial charge in [-0.15, -0.1) is 0 Å². The molecule has 1 aromatic heterocycles. The zero-order valence-electron chi connectivity index (χ0n) is 11.5. The highest BCUT2D eigenvalue weighted by Crippen LogP contribution is 2.21. The Labute approximate surface area is 117 Å². The average Bonchev–Trinajstić information content (AvgIpc) is 2.94. The first-order valence-corrected chi connectivity index (χ1v) is 6.70. The summed E-state index contributed by atoms with van der Waals surface area (Å²) in [7, 11) is 1.63. The number of hydrogen-bond acceptors (Lipinski definition) is 5. The highest BCUT2D eigenvalue weighted by Gasteiger charge is 2.29. The molecule has 0 spiro atoms. The number of amides is 2. The van der Waals surface area contributed by atoms with Crippen molar-refractivity contribution < 1.29 is 14.0 Å². The van der Waals surface area contributed by atoms with E-state index in [9.17, 15) is 9.59 Å². The maximum atomic E-state index is 11.9. The van der Waals surface area contributed by atoms with E-state index in [-0.39, 0.29) is 17.9 Å². The Morgan fingerprint density at radius 3 is 3.00 bits per heavy atom. The van der Waals surface area contributed by atoms with Crippen LogP contribution in [0.3, 0.4) is 0 Å². The number of likely N-dealkylation sites (tertiary alicyclic amines) is 1. The number of likely N-dealkylation sites (N-methyl/N-ethyl adjacent to an activating group) is 1. The van der Waals surface area contributed by atoms with E-state index in [0.717, 1.165) is 25.8 Å². The summed E-state index contributed by atoms with van der Waals surface area (Å²) in [5, 5.41) is 2.68. The molecule has 1 aromatic rings. The normalized spacial score (nSPS) is 19.6. The SMILES string of the molecule is CNC(=O)C1CCCCN1Cc1occc1C(=O)NN. The van der Waals surface area contributed by atoms with Gasteiger partial charge >= 0.3 is 0 Å². The van der Waals surface area contributed by atoms with E-state index in [0.29, 0.717) is 17.9 Å². The van der Waals surface area contributed by atoms with Crippen molar-refractivity contribution in [2.75, 3.05) is 13.6 Å². The molecular weight excluding hydrogens is 260 g/mol. The maximum absolute atomic E-state index is 11.9. The lowest BCUT2D eigenvalue weighted by Crippen LogP contribution is -2.48. The molecule has 0 aliphatic carbocycles. The summed E-state index contributed by atoms with van der Waals surface area (Å²) in [6, 6.07) is 1.41. The lowest BCUT2D eigenvalue weighted by Gasteiger charge is -2.33. The molecule has 1 unspecified atom stereocenters. The van der Waals surface area contributed by atoms with Gasteiger partial charge in [-0.1, -0.05) is 6.42 Å². The first-order chi connectivity index (χ1) is 9.67. The van der Waals surface area contributed by atoms with Crippen molar-refractivity contribution in [3.63, 3.8) is 0 Å². The van der Waals surface area contributed by atoms with E-state index >= 15 is 0 Å². The van der Waals surface area contributed by atoms with Crippen LogP contribution in [0.1, 0.15) is 35.4 Å². The van der Waals surface area contributed by atoms with E-state index in [4.69, 9.17) is 10.3 Å². The molecule has 7 heteroatoms. The maximum Gasteiger partial charge on any atom is 0.268 e. The number of hydrogen-bond donors (Lipinski definition) is 3. The lowest BCUT2D eigenvalue weighted by molar-refractivity contribution is -0.127. The molecule has 2 amide bonds. The molecule has 0 bridgehead atoms. The minimum absolute atomic E-state index is 0.00100. The van der Waals surface area contributed by atoms with Crippen molar-refractivity contribution in [2.24, 2.45) is 5.84 Å². The largest absolute Gasteiger partial charge is 0.467 e. The zero-order valence-corrected chi connectivity index (χ0v) is 11.5. The summed E-state index contributed by atoms with van der Waals surface area (Å²) < 4.78 is 5.36. The summed E-state index contributed by atoms with van der Waals surface area (Å²) in [6.45, 7) is 1.23. The number of nitrogens with two attached hydrogens (primary N) is 1. The summed E-state index contributed by atoms with van der Waals surface area (Å²) in [5.74, 6) is 5.29. The molecule has 1 aliphatic rings. The average molecular weight is 280 g/mol. The Morgan fingerprint density at radius 2 is 2.30 bits per heavy atom. The van der Waals surface area contributed by atoms with Crippen LogP contribution in [0.25, 0.3) is 0 Å². The molecule has 20 heavy (non-hydrogen) atoms. The fourth-order valence-electron chi connectivity index (χ4n) is 2.57. The molecule has 1 aliphatic heterocycles. The molecule has 2 heterocycles. The lowest BCUT2D eigenvalue weighted by atomic mass is 10.0. The summed E-state index contributed by atoms with van der Waals surface area (Å²) >= 11 is 0. The molecule has 110 valence electrons. The topological polar surface area (TPSA) is 101 Å². The number of furan rings is 1. The minimum Gasteiger partial charge on any atom is -0.467 e. The van der Waals surface area contributed by atoms with Gasteiger partial charge in [-0.05, 0) is 25.5 Å². The minimum atomic E-state index is -0.387. The molecule has 1 fully saturated rings. The van der Waals surface area contributed by atoms with E-state index in [1.807, 2.05) is 4.90 Å². The second-order valence-electron chi connectivity index (χ2n) is 4.83. The van der Waals surface area contributed by atoms with Crippen LogP contribution in [0.5, 0.6) is 0 Å². The first-order valence-electron chi connectivity index (χ1n) is 6.70. The fraction of sp³-hybridized carbons (Fsp3) is 0.538. The van der Waals surface area contributed by atoms with Crippen molar-refractivity contribution in [1.29, 1.82) is 0 Å². The van der Waals surface area contributed by atoms with Gasteiger partial charge in [-0.2, -0.15) is 0 Å². The first kappa shape index (κ1) is 14.5. The van der Waals surface area contributed by atoms with Crippen molar-refractivity contribution in [3.8, 4) is 0 Å². The third-order valence-electron chi connectivity index (χ3n) is 3.63. The standard InChI is InChI=1S/C13H20N4O3/c1-15-13(19)10-4-2-3-6-17(10)8-11-9(5-7-20-11)12(18)16-14/h5,7,10H,2-4,6,8,14H2,1H3,(H,15,19)(H,16,18). The van der Waals surface area contributed by atoms with Crippen molar-refractivity contribution in [2.45, 2.75) is 31.8 Å². The monoisotopic (exact) mass is 280 g/mol. The van der Waals surface area contributed by atoms with Crippen molar-refractivity contribution in [3.05, 3.63) is 23.7 Å². The van der Waals surface area contributed by atoms with Gasteiger partial charge in [-0.25, -0.2) is 5.84 Å². The van der Waals surface area contributed by atoms with Gasteiger partial charge in [-0.3, -0.25) is 19.9 Å². The van der Waals surface area contributed by atoms with Crippen molar-refractivity contribution >= 4 is 11.8 Å². The predicted octanol–water partition coefficient (Wildman–Crippen LogP) is -0.0164. The van der Waals surface area contributed by atoms with Gasteiger partial charge in [0, 0.05) is 7.05 Å². The quantitative estimate of drug-likeness (QED) is 0.409. The van der Waals surface area contributed by atoms with E-state index < -0.39 is 0 Å². The van der Waals surface area contributed by atoms with Crippen LogP contribution in [-0.4, -0.2) is 36.3 Å². The van der Waals surface area contributed by atoms with Gasteiger partial charge in [0.15, 0.2) is 0 Å². The third kappa shape index (κ3) is 3.00. The van der Waals surface area contributed by atoms with Gasteiger partial charge in [0.2, 0.25) is 5.91 Å². The number of nitrogens with one attached hydrogen (secondary N) is 2. The number of nitrogens with zero attached hydrogens (tertiary/aromatic N) is 1. The van der Waals surface area contributed by atoms with Crippen LogP contribution in [0.15, 0.2) is 16.7 Å². The highest BCUT2D eigenvalue weighted by molar-refractivity contribution is 5.94. The van der Waals surface area contributed by atoms with Gasteiger partial charge in [0.05, 0.1) is 24.4 Å². The van der Waals surface area contributed by atoms with E-state index in [1.54, 1.807) is 13.1 Å². The second kappa shape index (κ2) is 6.53. The molecule has 7 nitrogen and oxygen atoms in total. The van der Waals surface area contributed by atoms with Crippen LogP contribution in [0.4, 0.5) is 0 Å². The van der Waals surface area contributed by atoms with Gasteiger partial charge < -0.3 is 9.73 Å². The Morgan fingerprint density at radius 1 is 1.50 bits per heavy atom. The highest BCUT2D eigenvalue weighted by atomic mass is 16.3. The molecule has 0 aromatic carbocycles. The Bertz CT molecular complexity index is 486. The number of hydrazine groups is 1. The van der Waals surface area contributed by atoms with Gasteiger partial charge in [0.25, 0.3) is 5.91 Å². The van der Waals surface area contributed by atoms with E-state index in [2.05, 4.69) is 10.7 Å². The zero-order chi connectivity index (χ0) is 14.5. The van der Waals surface area contributed by atoms with Crippen LogP contribution in [-0.2, 0) is 11.3 Å². The number of piperidine rings is 1. The molecule has 1 saturated heterocycles. The Hall–Kier alpha value is -1.86. The molecule has 1 atom stereocenters. The molecule has 0 saturated carbocycles. The number of carbonyl (C=O) groups excluding carboxylic acids is 2. The fourth-order valence-corrected chi connectivity index (χ4v) is 2.57. The van der Waals surface area contributed by atoms with Gasteiger partial charge in [0.1, 0.15) is 5.76 Å².